The van der Waals surface area contributed by atoms with Crippen LogP contribution in [0.4, 0.5) is 5.69 Å². The fourth-order valence-corrected chi connectivity index (χ4v) is 3.61. The van der Waals surface area contributed by atoms with Gasteiger partial charge >= 0.3 is 5.97 Å². The summed E-state index contributed by atoms with van der Waals surface area (Å²) in [6.07, 6.45) is 3.82. The average molecular weight is 377 g/mol. The molecule has 4 rings (SSSR count). The number of hydrogen-bond donors (Lipinski definition) is 0. The summed E-state index contributed by atoms with van der Waals surface area (Å²) in [5.74, 6) is 0.0210. The molecule has 7 heteroatoms. The predicted octanol–water partition coefficient (Wildman–Crippen LogP) is 3.62. The molecule has 0 aromatic heterocycles. The van der Waals surface area contributed by atoms with Gasteiger partial charge in [-0.25, -0.2) is 4.79 Å². The van der Waals surface area contributed by atoms with Crippen molar-refractivity contribution in [2.24, 2.45) is 5.16 Å². The van der Waals surface area contributed by atoms with E-state index in [-0.39, 0.29) is 5.69 Å². The Labute approximate surface area is 162 Å². The standard InChI is InChI=1S/C21H19N3O4/c25-21-19(20(22-28-21)17-6-8-18(9-7-17)24(26)27)14-23-12-10-16(11-13-23)15-4-2-1-3-5-15/h1-9,14,16H,10-13H2. The highest BCUT2D eigenvalue weighted by atomic mass is 16.7. The summed E-state index contributed by atoms with van der Waals surface area (Å²) < 4.78 is 0. The molecule has 0 amide bonds. The monoisotopic (exact) mass is 377 g/mol. The zero-order valence-electron chi connectivity index (χ0n) is 15.2. The summed E-state index contributed by atoms with van der Waals surface area (Å²) >= 11 is 0. The van der Waals surface area contributed by atoms with Gasteiger partial charge in [0.1, 0.15) is 11.3 Å². The molecule has 7 nitrogen and oxygen atoms in total. The fraction of sp³-hybridized carbons (Fsp3) is 0.238. The van der Waals surface area contributed by atoms with Crippen LogP contribution in [0.3, 0.4) is 0 Å². The van der Waals surface area contributed by atoms with Crippen molar-refractivity contribution >= 4 is 17.4 Å². The lowest BCUT2D eigenvalue weighted by Crippen LogP contribution is -2.30. The van der Waals surface area contributed by atoms with Crippen molar-refractivity contribution in [1.29, 1.82) is 0 Å². The largest absolute Gasteiger partial charge is 0.377 e. The highest BCUT2D eigenvalue weighted by Crippen LogP contribution is 2.29. The molecule has 2 aliphatic rings. The van der Waals surface area contributed by atoms with Crippen molar-refractivity contribution in [1.82, 2.24) is 4.90 Å². The van der Waals surface area contributed by atoms with Gasteiger partial charge in [-0.1, -0.05) is 35.5 Å². The van der Waals surface area contributed by atoms with Gasteiger partial charge < -0.3 is 9.74 Å². The molecule has 0 spiro atoms. The molecule has 2 heterocycles. The smallest absolute Gasteiger partial charge is 0.369 e. The summed E-state index contributed by atoms with van der Waals surface area (Å²) in [5, 5.41) is 14.7. The molecular weight excluding hydrogens is 358 g/mol. The minimum absolute atomic E-state index is 0.0110. The van der Waals surface area contributed by atoms with E-state index in [4.69, 9.17) is 4.84 Å². The number of likely N-dealkylation sites (tertiary alicyclic amines) is 1. The van der Waals surface area contributed by atoms with Crippen LogP contribution in [0.15, 0.2) is 71.5 Å². The molecule has 1 fully saturated rings. The summed E-state index contributed by atoms with van der Waals surface area (Å²) in [6.45, 7) is 1.67. The van der Waals surface area contributed by atoms with Crippen LogP contribution in [0.5, 0.6) is 0 Å². The van der Waals surface area contributed by atoms with Gasteiger partial charge in [0.25, 0.3) is 5.69 Å². The molecule has 0 radical (unpaired) electrons. The van der Waals surface area contributed by atoms with Crippen LogP contribution in [0, 0.1) is 10.1 Å². The van der Waals surface area contributed by atoms with E-state index in [1.165, 1.54) is 17.7 Å². The van der Waals surface area contributed by atoms with E-state index in [0.717, 1.165) is 25.9 Å². The molecule has 0 atom stereocenters. The van der Waals surface area contributed by atoms with E-state index in [0.29, 0.717) is 22.8 Å². The number of hydrogen-bond acceptors (Lipinski definition) is 6. The molecule has 2 aromatic rings. The maximum Gasteiger partial charge on any atom is 0.369 e. The van der Waals surface area contributed by atoms with Crippen molar-refractivity contribution in [2.75, 3.05) is 13.1 Å². The van der Waals surface area contributed by atoms with Crippen molar-refractivity contribution in [3.8, 4) is 0 Å². The number of nitrogens with zero attached hydrogens (tertiary/aromatic N) is 3. The Morgan fingerprint density at radius 2 is 1.75 bits per heavy atom. The number of carbonyl (C=O) groups is 1. The molecule has 2 aromatic carbocycles. The molecule has 0 unspecified atom stereocenters. The second-order valence-electron chi connectivity index (χ2n) is 6.89. The Hall–Kier alpha value is -3.48. The number of benzene rings is 2. The zero-order valence-corrected chi connectivity index (χ0v) is 15.2. The molecule has 2 aliphatic heterocycles. The van der Waals surface area contributed by atoms with Gasteiger partial charge in [0.05, 0.1) is 4.92 Å². The van der Waals surface area contributed by atoms with Gasteiger partial charge in [-0.15, -0.1) is 0 Å². The van der Waals surface area contributed by atoms with Crippen LogP contribution in [-0.4, -0.2) is 34.6 Å². The third-order valence-electron chi connectivity index (χ3n) is 5.16. The van der Waals surface area contributed by atoms with E-state index in [2.05, 4.69) is 34.3 Å². The third-order valence-corrected chi connectivity index (χ3v) is 5.16. The lowest BCUT2D eigenvalue weighted by atomic mass is 9.89. The lowest BCUT2D eigenvalue weighted by Gasteiger charge is -2.31. The number of rotatable bonds is 4. The SMILES string of the molecule is O=C1ON=C(c2ccc([N+](=O)[O-])cc2)C1=CN1CCC(c2ccccc2)CC1. The quantitative estimate of drug-likeness (QED) is 0.352. The van der Waals surface area contributed by atoms with Crippen molar-refractivity contribution in [2.45, 2.75) is 18.8 Å². The van der Waals surface area contributed by atoms with Gasteiger partial charge in [-0.05, 0) is 36.5 Å². The molecule has 1 saturated heterocycles. The Morgan fingerprint density at radius 3 is 2.39 bits per heavy atom. The highest BCUT2D eigenvalue weighted by Gasteiger charge is 2.29. The van der Waals surface area contributed by atoms with Gasteiger partial charge in [-0.3, -0.25) is 10.1 Å². The number of non-ortho nitro benzene ring substituents is 1. The number of oxime groups is 1. The molecule has 28 heavy (non-hydrogen) atoms. The summed E-state index contributed by atoms with van der Waals surface area (Å²) in [5.41, 5.74) is 2.74. The van der Waals surface area contributed by atoms with Gasteiger partial charge in [0, 0.05) is 37.0 Å². The number of nitro benzene ring substituents is 1. The van der Waals surface area contributed by atoms with E-state index in [9.17, 15) is 14.9 Å². The van der Waals surface area contributed by atoms with Crippen LogP contribution in [0.25, 0.3) is 0 Å². The second-order valence-corrected chi connectivity index (χ2v) is 6.89. The fourth-order valence-electron chi connectivity index (χ4n) is 3.61. The Kier molecular flexibility index (Phi) is 4.89. The average Bonchev–Trinajstić information content (AvgIpc) is 3.09. The van der Waals surface area contributed by atoms with Crippen LogP contribution in [-0.2, 0) is 9.63 Å². The summed E-state index contributed by atoms with van der Waals surface area (Å²) in [7, 11) is 0. The molecule has 0 bridgehead atoms. The minimum Gasteiger partial charge on any atom is -0.377 e. The van der Waals surface area contributed by atoms with Crippen molar-refractivity contribution < 1.29 is 14.6 Å². The van der Waals surface area contributed by atoms with Crippen molar-refractivity contribution in [3.63, 3.8) is 0 Å². The highest BCUT2D eigenvalue weighted by molar-refractivity contribution is 6.28. The van der Waals surface area contributed by atoms with Gasteiger partial charge in [0.15, 0.2) is 0 Å². The maximum atomic E-state index is 12.2. The third kappa shape index (κ3) is 3.64. The number of nitro groups is 1. The Balaban J connectivity index is 1.48. The Bertz CT molecular complexity index is 943. The second kappa shape index (κ2) is 7.64. The maximum absolute atomic E-state index is 12.2. The summed E-state index contributed by atoms with van der Waals surface area (Å²) in [4.78, 5) is 29.5. The number of piperidine rings is 1. The van der Waals surface area contributed by atoms with Crippen LogP contribution < -0.4 is 0 Å². The van der Waals surface area contributed by atoms with E-state index in [1.54, 1.807) is 18.3 Å². The molecule has 0 saturated carbocycles. The minimum atomic E-state index is -0.501. The van der Waals surface area contributed by atoms with Gasteiger partial charge in [0.2, 0.25) is 0 Å². The topological polar surface area (TPSA) is 85.0 Å². The normalized spacial score (nSPS) is 18.9. The first-order valence-electron chi connectivity index (χ1n) is 9.17. The molecule has 142 valence electrons. The van der Waals surface area contributed by atoms with Crippen molar-refractivity contribution in [3.05, 3.63) is 87.6 Å². The van der Waals surface area contributed by atoms with Crippen LogP contribution >= 0.6 is 0 Å². The molecule has 0 aliphatic carbocycles. The molecular formula is C21H19N3O4. The first-order chi connectivity index (χ1) is 13.6. The predicted molar refractivity (Wildman–Crippen MR) is 104 cm³/mol. The zero-order chi connectivity index (χ0) is 19.5. The van der Waals surface area contributed by atoms with Gasteiger partial charge in [-0.2, -0.15) is 0 Å². The first-order valence-corrected chi connectivity index (χ1v) is 9.17. The van der Waals surface area contributed by atoms with E-state index >= 15 is 0 Å². The van der Waals surface area contributed by atoms with E-state index < -0.39 is 10.9 Å². The van der Waals surface area contributed by atoms with Crippen LogP contribution in [0.2, 0.25) is 0 Å². The number of carbonyl (C=O) groups excluding carboxylic acids is 1. The lowest BCUT2D eigenvalue weighted by molar-refractivity contribution is -0.384. The van der Waals surface area contributed by atoms with E-state index in [1.807, 2.05) is 6.07 Å². The van der Waals surface area contributed by atoms with Crippen LogP contribution in [0.1, 0.15) is 29.9 Å². The Morgan fingerprint density at radius 1 is 1.07 bits per heavy atom. The molecule has 0 N–H and O–H groups in total. The summed E-state index contributed by atoms with van der Waals surface area (Å²) in [6, 6.07) is 16.4. The first kappa shape index (κ1) is 17.9.